The van der Waals surface area contributed by atoms with Crippen LogP contribution in [0.3, 0.4) is 0 Å². The van der Waals surface area contributed by atoms with Crippen LogP contribution in [0.5, 0.6) is 0 Å². The van der Waals surface area contributed by atoms with Crippen LogP contribution in [0.2, 0.25) is 0 Å². The number of thiocarbonyl (C=S) groups is 1. The maximum absolute atomic E-state index is 12.2. The van der Waals surface area contributed by atoms with Crippen molar-refractivity contribution in [3.8, 4) is 0 Å². The smallest absolute Gasteiger partial charge is 0.251 e. The lowest BCUT2D eigenvalue weighted by atomic mass is 10.1. The number of nitrogens with one attached hydrogen (secondary N) is 1. The lowest BCUT2D eigenvalue weighted by molar-refractivity contribution is 0.0947. The lowest BCUT2D eigenvalue weighted by Gasteiger charge is -2.20. The minimum Gasteiger partial charge on any atom is -0.389 e. The molecule has 5 heteroatoms. The maximum Gasteiger partial charge on any atom is 0.251 e. The minimum atomic E-state index is -0.0592. The highest BCUT2D eigenvalue weighted by atomic mass is 32.1. The number of rotatable bonds is 5. The van der Waals surface area contributed by atoms with Crippen molar-refractivity contribution in [1.82, 2.24) is 10.2 Å². The van der Waals surface area contributed by atoms with E-state index in [1.165, 1.54) is 0 Å². The Morgan fingerprint density at radius 2 is 2.19 bits per heavy atom. The molecule has 0 spiro atoms. The molecule has 21 heavy (non-hydrogen) atoms. The van der Waals surface area contributed by atoms with Gasteiger partial charge in [0.1, 0.15) is 4.99 Å². The summed E-state index contributed by atoms with van der Waals surface area (Å²) < 4.78 is 0. The first kappa shape index (κ1) is 15.9. The van der Waals surface area contributed by atoms with Gasteiger partial charge in [0, 0.05) is 30.3 Å². The van der Waals surface area contributed by atoms with Gasteiger partial charge in [-0.1, -0.05) is 24.4 Å². The molecule has 1 aromatic carbocycles. The van der Waals surface area contributed by atoms with Gasteiger partial charge in [-0.25, -0.2) is 0 Å². The van der Waals surface area contributed by atoms with Crippen LogP contribution in [0.25, 0.3) is 0 Å². The summed E-state index contributed by atoms with van der Waals surface area (Å²) in [6.45, 7) is 7.32. The van der Waals surface area contributed by atoms with Crippen LogP contribution in [0, 0.1) is 5.92 Å². The summed E-state index contributed by atoms with van der Waals surface area (Å²) in [5.41, 5.74) is 6.93. The molecule has 1 atom stereocenters. The average Bonchev–Trinajstić information content (AvgIpc) is 2.94. The molecule has 3 N–H and O–H groups in total. The van der Waals surface area contributed by atoms with Crippen molar-refractivity contribution in [2.75, 3.05) is 19.6 Å². The fourth-order valence-electron chi connectivity index (χ4n) is 2.65. The van der Waals surface area contributed by atoms with E-state index in [9.17, 15) is 4.79 Å². The number of hydrogen-bond donors (Lipinski definition) is 2. The Kier molecular flexibility index (Phi) is 5.31. The molecule has 1 aromatic rings. The third-order valence-electron chi connectivity index (χ3n) is 4.01. The molecule has 1 amide bonds. The Hall–Kier alpha value is -1.46. The van der Waals surface area contributed by atoms with Crippen LogP contribution >= 0.6 is 12.2 Å². The Bertz CT molecular complexity index is 530. The van der Waals surface area contributed by atoms with Crippen molar-refractivity contribution in [1.29, 1.82) is 0 Å². The molecule has 0 saturated carbocycles. The molecular formula is C16H23N3OS. The van der Waals surface area contributed by atoms with Gasteiger partial charge in [-0.05, 0) is 44.9 Å². The number of carbonyl (C=O) groups is 1. The van der Waals surface area contributed by atoms with Gasteiger partial charge in [0.25, 0.3) is 5.91 Å². The molecule has 1 aliphatic rings. The summed E-state index contributed by atoms with van der Waals surface area (Å²) in [5, 5.41) is 3.02. The second kappa shape index (κ2) is 7.00. The standard InChI is InChI=1S/C16H23N3OS/c1-11(2)19-7-6-12(10-19)9-18-16(20)14-5-3-4-13(8-14)15(17)21/h3-5,8,11-12H,6-7,9-10H2,1-2H3,(H2,17,21)(H,18,20). The molecule has 0 bridgehead atoms. The molecule has 1 unspecified atom stereocenters. The zero-order chi connectivity index (χ0) is 15.4. The van der Waals surface area contributed by atoms with Crippen LogP contribution in [-0.4, -0.2) is 41.5 Å². The van der Waals surface area contributed by atoms with E-state index in [-0.39, 0.29) is 5.91 Å². The quantitative estimate of drug-likeness (QED) is 0.814. The maximum atomic E-state index is 12.2. The first-order chi connectivity index (χ1) is 9.97. The molecule has 1 fully saturated rings. The van der Waals surface area contributed by atoms with E-state index in [1.807, 2.05) is 6.07 Å². The average molecular weight is 305 g/mol. The van der Waals surface area contributed by atoms with Crippen molar-refractivity contribution in [3.05, 3.63) is 35.4 Å². The monoisotopic (exact) mass is 305 g/mol. The van der Waals surface area contributed by atoms with Crippen molar-refractivity contribution >= 4 is 23.1 Å². The SMILES string of the molecule is CC(C)N1CCC(CNC(=O)c2cccc(C(N)=S)c2)C1. The number of amides is 1. The number of nitrogens with zero attached hydrogens (tertiary/aromatic N) is 1. The minimum absolute atomic E-state index is 0.0592. The Labute approximate surface area is 131 Å². The molecule has 1 saturated heterocycles. The summed E-state index contributed by atoms with van der Waals surface area (Å²) in [6.07, 6.45) is 1.14. The van der Waals surface area contributed by atoms with E-state index in [2.05, 4.69) is 24.1 Å². The van der Waals surface area contributed by atoms with E-state index in [0.717, 1.165) is 31.6 Å². The lowest BCUT2D eigenvalue weighted by Crippen LogP contribution is -2.33. The Balaban J connectivity index is 1.88. The largest absolute Gasteiger partial charge is 0.389 e. The molecular weight excluding hydrogens is 282 g/mol. The third-order valence-corrected chi connectivity index (χ3v) is 4.24. The van der Waals surface area contributed by atoms with Gasteiger partial charge in [0.2, 0.25) is 0 Å². The van der Waals surface area contributed by atoms with Gasteiger partial charge in [-0.3, -0.25) is 4.79 Å². The Morgan fingerprint density at radius 1 is 1.48 bits per heavy atom. The van der Waals surface area contributed by atoms with E-state index in [1.54, 1.807) is 18.2 Å². The van der Waals surface area contributed by atoms with Gasteiger partial charge in [-0.2, -0.15) is 0 Å². The predicted molar refractivity (Wildman–Crippen MR) is 89.5 cm³/mol. The highest BCUT2D eigenvalue weighted by Crippen LogP contribution is 2.17. The molecule has 0 aliphatic carbocycles. The van der Waals surface area contributed by atoms with Crippen molar-refractivity contribution in [2.45, 2.75) is 26.3 Å². The van der Waals surface area contributed by atoms with E-state index in [0.29, 0.717) is 22.5 Å². The zero-order valence-corrected chi connectivity index (χ0v) is 13.5. The first-order valence-corrected chi connectivity index (χ1v) is 7.80. The van der Waals surface area contributed by atoms with Gasteiger partial charge in [0.15, 0.2) is 0 Å². The van der Waals surface area contributed by atoms with Gasteiger partial charge >= 0.3 is 0 Å². The molecule has 0 aromatic heterocycles. The summed E-state index contributed by atoms with van der Waals surface area (Å²) in [7, 11) is 0. The fourth-order valence-corrected chi connectivity index (χ4v) is 2.78. The summed E-state index contributed by atoms with van der Waals surface area (Å²) in [5.74, 6) is 0.478. The van der Waals surface area contributed by atoms with Crippen LogP contribution in [0.1, 0.15) is 36.2 Å². The molecule has 2 rings (SSSR count). The number of likely N-dealkylation sites (tertiary alicyclic amines) is 1. The number of nitrogens with two attached hydrogens (primary N) is 1. The second-order valence-corrected chi connectivity index (χ2v) is 6.34. The summed E-state index contributed by atoms with van der Waals surface area (Å²) in [4.78, 5) is 14.9. The van der Waals surface area contributed by atoms with E-state index < -0.39 is 0 Å². The van der Waals surface area contributed by atoms with Crippen molar-refractivity contribution in [2.24, 2.45) is 11.7 Å². The van der Waals surface area contributed by atoms with Crippen molar-refractivity contribution < 1.29 is 4.79 Å². The van der Waals surface area contributed by atoms with Gasteiger partial charge in [0.05, 0.1) is 0 Å². The molecule has 4 nitrogen and oxygen atoms in total. The number of carbonyl (C=O) groups excluding carboxylic acids is 1. The fraction of sp³-hybridized carbons (Fsp3) is 0.500. The molecule has 1 aliphatic heterocycles. The summed E-state index contributed by atoms with van der Waals surface area (Å²) >= 11 is 4.94. The van der Waals surface area contributed by atoms with Crippen LogP contribution < -0.4 is 11.1 Å². The third kappa shape index (κ3) is 4.25. The van der Waals surface area contributed by atoms with Gasteiger partial charge < -0.3 is 16.0 Å². The van der Waals surface area contributed by atoms with E-state index in [4.69, 9.17) is 18.0 Å². The Morgan fingerprint density at radius 3 is 2.81 bits per heavy atom. The second-order valence-electron chi connectivity index (χ2n) is 5.90. The molecule has 1 heterocycles. The topological polar surface area (TPSA) is 58.4 Å². The highest BCUT2D eigenvalue weighted by molar-refractivity contribution is 7.80. The zero-order valence-electron chi connectivity index (χ0n) is 12.6. The molecule has 114 valence electrons. The van der Waals surface area contributed by atoms with Gasteiger partial charge in [-0.15, -0.1) is 0 Å². The highest BCUT2D eigenvalue weighted by Gasteiger charge is 2.24. The van der Waals surface area contributed by atoms with Crippen LogP contribution in [0.4, 0.5) is 0 Å². The van der Waals surface area contributed by atoms with E-state index >= 15 is 0 Å². The van der Waals surface area contributed by atoms with Crippen molar-refractivity contribution in [3.63, 3.8) is 0 Å². The van der Waals surface area contributed by atoms with Crippen LogP contribution in [0.15, 0.2) is 24.3 Å². The van der Waals surface area contributed by atoms with Crippen LogP contribution in [-0.2, 0) is 0 Å². The number of hydrogen-bond acceptors (Lipinski definition) is 3. The molecule has 0 radical (unpaired) electrons. The first-order valence-electron chi connectivity index (χ1n) is 7.39. The number of benzene rings is 1. The normalized spacial score (nSPS) is 18.9. The predicted octanol–water partition coefficient (Wildman–Crippen LogP) is 1.78. The summed E-state index contributed by atoms with van der Waals surface area (Å²) in [6, 6.07) is 7.72.